The zero-order chi connectivity index (χ0) is 15.8. The van der Waals surface area contributed by atoms with E-state index in [0.29, 0.717) is 6.07 Å². The first-order valence-electron chi connectivity index (χ1n) is 5.53. The van der Waals surface area contributed by atoms with Gasteiger partial charge in [-0.1, -0.05) is 0 Å². The molecular weight excluding hydrogens is 307 g/mol. The highest BCUT2D eigenvalue weighted by molar-refractivity contribution is 7.89. The quantitative estimate of drug-likeness (QED) is 0.596. The van der Waals surface area contributed by atoms with E-state index < -0.39 is 38.1 Å². The molecular formula is C12H10F3N3O2S. The van der Waals surface area contributed by atoms with Crippen LogP contribution in [0.4, 0.5) is 30.2 Å². The first-order valence-corrected chi connectivity index (χ1v) is 7.07. The average molecular weight is 317 g/mol. The molecule has 0 spiro atoms. The van der Waals surface area contributed by atoms with Gasteiger partial charge < -0.3 is 11.1 Å². The van der Waals surface area contributed by atoms with Gasteiger partial charge in [-0.2, -0.15) is 0 Å². The van der Waals surface area contributed by atoms with Gasteiger partial charge in [0.15, 0.2) is 17.5 Å². The van der Waals surface area contributed by atoms with Crippen molar-refractivity contribution in [2.75, 3.05) is 11.1 Å². The van der Waals surface area contributed by atoms with E-state index in [-0.39, 0.29) is 11.4 Å². The van der Waals surface area contributed by atoms with Crippen LogP contribution in [0.1, 0.15) is 0 Å². The van der Waals surface area contributed by atoms with Crippen LogP contribution in [-0.2, 0) is 10.0 Å². The number of benzene rings is 2. The van der Waals surface area contributed by atoms with E-state index in [1.54, 1.807) is 0 Å². The van der Waals surface area contributed by atoms with E-state index in [9.17, 15) is 21.6 Å². The third kappa shape index (κ3) is 3.09. The summed E-state index contributed by atoms with van der Waals surface area (Å²) in [5, 5.41) is 7.37. The number of hydrogen-bond acceptors (Lipinski definition) is 4. The molecule has 112 valence electrons. The van der Waals surface area contributed by atoms with Crippen LogP contribution >= 0.6 is 0 Å². The fraction of sp³-hybridized carbons (Fsp3) is 0. The molecule has 0 bridgehead atoms. The van der Waals surface area contributed by atoms with Crippen molar-refractivity contribution in [1.29, 1.82) is 0 Å². The average Bonchev–Trinajstić information content (AvgIpc) is 2.40. The molecule has 0 aliphatic carbocycles. The summed E-state index contributed by atoms with van der Waals surface area (Å²) in [7, 11) is -4.14. The second kappa shape index (κ2) is 5.26. The van der Waals surface area contributed by atoms with Gasteiger partial charge in [0.1, 0.15) is 4.90 Å². The normalized spacial score (nSPS) is 11.4. The van der Waals surface area contributed by atoms with Crippen molar-refractivity contribution in [3.05, 3.63) is 47.8 Å². The van der Waals surface area contributed by atoms with Crippen LogP contribution < -0.4 is 16.2 Å². The lowest BCUT2D eigenvalue weighted by atomic mass is 10.2. The smallest absolute Gasteiger partial charge is 0.240 e. The third-order valence-electron chi connectivity index (χ3n) is 2.62. The number of nitrogens with two attached hydrogens (primary N) is 2. The topological polar surface area (TPSA) is 98.2 Å². The number of primary sulfonamides is 1. The highest BCUT2D eigenvalue weighted by atomic mass is 32.2. The minimum atomic E-state index is -4.14. The Kier molecular flexibility index (Phi) is 3.79. The third-order valence-corrected chi connectivity index (χ3v) is 3.57. The number of sulfonamides is 1. The zero-order valence-corrected chi connectivity index (χ0v) is 11.2. The molecule has 21 heavy (non-hydrogen) atoms. The predicted octanol–water partition coefficient (Wildman–Crippen LogP) is 2.08. The molecule has 0 unspecified atom stereocenters. The highest BCUT2D eigenvalue weighted by Gasteiger charge is 2.18. The molecule has 0 heterocycles. The van der Waals surface area contributed by atoms with Crippen LogP contribution in [0.15, 0.2) is 35.2 Å². The van der Waals surface area contributed by atoms with Gasteiger partial charge in [0.2, 0.25) is 10.0 Å². The summed E-state index contributed by atoms with van der Waals surface area (Å²) in [5.41, 5.74) is 5.03. The van der Waals surface area contributed by atoms with Gasteiger partial charge in [-0.05, 0) is 30.3 Å². The minimum absolute atomic E-state index is 0.114. The number of nitrogen functional groups attached to an aromatic ring is 1. The zero-order valence-electron chi connectivity index (χ0n) is 10.4. The second-order valence-corrected chi connectivity index (χ2v) is 5.68. The number of hydrogen-bond donors (Lipinski definition) is 3. The molecule has 0 fully saturated rings. The molecule has 0 atom stereocenters. The van der Waals surface area contributed by atoms with Crippen molar-refractivity contribution in [3.8, 4) is 0 Å². The van der Waals surface area contributed by atoms with Crippen LogP contribution in [-0.4, -0.2) is 8.42 Å². The van der Waals surface area contributed by atoms with Gasteiger partial charge >= 0.3 is 0 Å². The summed E-state index contributed by atoms with van der Waals surface area (Å²) in [5.74, 6) is -4.51. The number of anilines is 3. The molecule has 2 rings (SSSR count). The molecule has 0 amide bonds. The Balaban J connectivity index is 2.53. The lowest BCUT2D eigenvalue weighted by molar-refractivity contribution is 0.449. The first kappa shape index (κ1) is 15.1. The Labute approximate surface area is 118 Å². The van der Waals surface area contributed by atoms with Gasteiger partial charge in [0, 0.05) is 5.69 Å². The molecule has 0 radical (unpaired) electrons. The van der Waals surface area contributed by atoms with E-state index in [2.05, 4.69) is 5.32 Å². The summed E-state index contributed by atoms with van der Waals surface area (Å²) >= 11 is 0. The number of nitrogens with one attached hydrogen (secondary N) is 1. The first-order chi connectivity index (χ1) is 9.70. The standard InChI is InChI=1S/C12H10F3N3O2S/c13-7-2-4-9(12(15)11(7)14)18-8-3-1-6(16)5-10(8)21(17,19)20/h1-5,18H,16H2,(H2,17,19,20). The SMILES string of the molecule is Nc1ccc(Nc2ccc(F)c(F)c2F)c(S(N)(=O)=O)c1. The predicted molar refractivity (Wildman–Crippen MR) is 71.8 cm³/mol. The fourth-order valence-corrected chi connectivity index (χ4v) is 2.37. The molecule has 0 saturated carbocycles. The number of rotatable bonds is 3. The van der Waals surface area contributed by atoms with Crippen LogP contribution in [0.25, 0.3) is 0 Å². The van der Waals surface area contributed by atoms with E-state index >= 15 is 0 Å². The molecule has 0 aliphatic heterocycles. The Hall–Kier alpha value is -2.26. The Bertz CT molecular complexity index is 810. The van der Waals surface area contributed by atoms with E-state index in [1.807, 2.05) is 0 Å². The number of halogens is 3. The summed E-state index contributed by atoms with van der Waals surface area (Å²) in [4.78, 5) is -0.397. The van der Waals surface area contributed by atoms with Crippen LogP contribution in [0.2, 0.25) is 0 Å². The van der Waals surface area contributed by atoms with Gasteiger partial charge in [0.25, 0.3) is 0 Å². The van der Waals surface area contributed by atoms with Crippen LogP contribution in [0, 0.1) is 17.5 Å². The van der Waals surface area contributed by atoms with Gasteiger partial charge in [-0.15, -0.1) is 0 Å². The molecule has 0 aromatic heterocycles. The van der Waals surface area contributed by atoms with Gasteiger partial charge in [-0.25, -0.2) is 26.7 Å². The highest BCUT2D eigenvalue weighted by Crippen LogP contribution is 2.28. The monoisotopic (exact) mass is 317 g/mol. The van der Waals surface area contributed by atoms with Crippen molar-refractivity contribution >= 4 is 27.1 Å². The van der Waals surface area contributed by atoms with Crippen LogP contribution in [0.3, 0.4) is 0 Å². The Morgan fingerprint density at radius 2 is 1.57 bits per heavy atom. The molecule has 2 aromatic carbocycles. The van der Waals surface area contributed by atoms with Crippen molar-refractivity contribution in [3.63, 3.8) is 0 Å². The summed E-state index contributed by atoms with van der Waals surface area (Å²) in [6.07, 6.45) is 0. The maximum Gasteiger partial charge on any atom is 0.240 e. The second-order valence-electron chi connectivity index (χ2n) is 4.15. The molecule has 9 heteroatoms. The summed E-state index contributed by atoms with van der Waals surface area (Å²) < 4.78 is 62.5. The fourth-order valence-electron chi connectivity index (χ4n) is 1.65. The van der Waals surface area contributed by atoms with Crippen molar-refractivity contribution in [2.24, 2.45) is 5.14 Å². The maximum atomic E-state index is 13.6. The van der Waals surface area contributed by atoms with Crippen molar-refractivity contribution in [2.45, 2.75) is 4.90 Å². The van der Waals surface area contributed by atoms with E-state index in [0.717, 1.165) is 12.1 Å². The maximum absolute atomic E-state index is 13.6. The molecule has 0 aliphatic rings. The van der Waals surface area contributed by atoms with Gasteiger partial charge in [-0.3, -0.25) is 0 Å². The van der Waals surface area contributed by atoms with E-state index in [4.69, 9.17) is 10.9 Å². The lowest BCUT2D eigenvalue weighted by Gasteiger charge is -2.12. The minimum Gasteiger partial charge on any atom is -0.399 e. The molecule has 5 N–H and O–H groups in total. The Morgan fingerprint density at radius 1 is 0.952 bits per heavy atom. The van der Waals surface area contributed by atoms with Crippen molar-refractivity contribution in [1.82, 2.24) is 0 Å². The van der Waals surface area contributed by atoms with Crippen molar-refractivity contribution < 1.29 is 21.6 Å². The van der Waals surface area contributed by atoms with Gasteiger partial charge in [0.05, 0.1) is 11.4 Å². The molecule has 5 nitrogen and oxygen atoms in total. The van der Waals surface area contributed by atoms with Crippen LogP contribution in [0.5, 0.6) is 0 Å². The van der Waals surface area contributed by atoms with E-state index in [1.165, 1.54) is 12.1 Å². The molecule has 2 aromatic rings. The molecule has 0 saturated heterocycles. The summed E-state index contributed by atoms with van der Waals surface area (Å²) in [6, 6.07) is 5.27. The lowest BCUT2D eigenvalue weighted by Crippen LogP contribution is -2.15. The Morgan fingerprint density at radius 3 is 2.19 bits per heavy atom. The largest absolute Gasteiger partial charge is 0.399 e. The summed E-state index contributed by atoms with van der Waals surface area (Å²) in [6.45, 7) is 0.